The van der Waals surface area contributed by atoms with Gasteiger partial charge in [0.05, 0.1) is 18.3 Å². The third-order valence-electron chi connectivity index (χ3n) is 5.75. The molecular weight excluding hydrogens is 306 g/mol. The molecule has 6 nitrogen and oxygen atoms in total. The van der Waals surface area contributed by atoms with E-state index in [0.717, 1.165) is 58.1 Å². The fraction of sp³-hybridized carbons (Fsp3) is 0.944. The summed E-state index contributed by atoms with van der Waals surface area (Å²) in [5.41, 5.74) is 0.00269. The number of guanidine groups is 1. The fourth-order valence-corrected chi connectivity index (χ4v) is 3.36. The third-order valence-corrected chi connectivity index (χ3v) is 5.75. The first-order chi connectivity index (χ1) is 11.4. The van der Waals surface area contributed by atoms with Gasteiger partial charge >= 0.3 is 0 Å². The molecule has 24 heavy (non-hydrogen) atoms. The lowest BCUT2D eigenvalue weighted by Gasteiger charge is -2.59. The molecule has 140 valence electrons. The van der Waals surface area contributed by atoms with Crippen LogP contribution in [0.5, 0.6) is 0 Å². The molecule has 0 aromatic heterocycles. The van der Waals surface area contributed by atoms with Gasteiger partial charge in [-0.05, 0) is 33.1 Å². The lowest BCUT2D eigenvalue weighted by atomic mass is 9.56. The van der Waals surface area contributed by atoms with E-state index in [9.17, 15) is 0 Å². The first-order valence-electron chi connectivity index (χ1n) is 9.22. The SMILES string of the molecule is CCNC(=NCCCOC1CCOC1)NC1CC(C)(OC)C1(C)C. The largest absolute Gasteiger partial charge is 0.379 e. The Morgan fingerprint density at radius 2 is 2.12 bits per heavy atom. The summed E-state index contributed by atoms with van der Waals surface area (Å²) in [5.74, 6) is 0.887. The Morgan fingerprint density at radius 3 is 2.71 bits per heavy atom. The van der Waals surface area contributed by atoms with Crippen LogP contribution in [0.3, 0.4) is 0 Å². The van der Waals surface area contributed by atoms with Crippen molar-refractivity contribution in [3.63, 3.8) is 0 Å². The molecule has 3 atom stereocenters. The zero-order valence-electron chi connectivity index (χ0n) is 16.0. The molecule has 2 aliphatic rings. The van der Waals surface area contributed by atoms with Gasteiger partial charge in [0.1, 0.15) is 0 Å². The van der Waals surface area contributed by atoms with Crippen LogP contribution in [0, 0.1) is 5.41 Å². The Balaban J connectivity index is 1.74. The number of nitrogens with one attached hydrogen (secondary N) is 2. The Morgan fingerprint density at radius 1 is 1.33 bits per heavy atom. The number of hydrogen-bond donors (Lipinski definition) is 2. The average Bonchev–Trinajstić information content (AvgIpc) is 3.07. The summed E-state index contributed by atoms with van der Waals surface area (Å²) < 4.78 is 16.8. The van der Waals surface area contributed by atoms with Gasteiger partial charge in [0.2, 0.25) is 0 Å². The molecular formula is C18H35N3O3. The van der Waals surface area contributed by atoms with Gasteiger partial charge in [-0.15, -0.1) is 0 Å². The number of ether oxygens (including phenoxy) is 3. The summed E-state index contributed by atoms with van der Waals surface area (Å²) in [6.07, 6.45) is 3.22. The van der Waals surface area contributed by atoms with Crippen LogP contribution in [-0.2, 0) is 14.2 Å². The number of rotatable bonds is 8. The fourth-order valence-electron chi connectivity index (χ4n) is 3.36. The smallest absolute Gasteiger partial charge is 0.191 e. The van der Waals surface area contributed by atoms with E-state index in [4.69, 9.17) is 14.2 Å². The highest BCUT2D eigenvalue weighted by atomic mass is 16.5. The monoisotopic (exact) mass is 341 g/mol. The van der Waals surface area contributed by atoms with Crippen LogP contribution in [0.25, 0.3) is 0 Å². The van der Waals surface area contributed by atoms with Crippen molar-refractivity contribution >= 4 is 5.96 Å². The summed E-state index contributed by atoms with van der Waals surface area (Å²) >= 11 is 0. The Kier molecular flexibility index (Phi) is 6.89. The van der Waals surface area contributed by atoms with Gasteiger partial charge in [-0.25, -0.2) is 0 Å². The number of aliphatic imine (C=N–C) groups is 1. The second-order valence-corrected chi connectivity index (χ2v) is 7.53. The molecule has 2 N–H and O–H groups in total. The maximum atomic E-state index is 5.78. The highest BCUT2D eigenvalue weighted by Gasteiger charge is 2.58. The molecule has 2 rings (SSSR count). The molecule has 1 saturated carbocycles. The summed E-state index contributed by atoms with van der Waals surface area (Å²) in [5, 5.41) is 6.90. The summed E-state index contributed by atoms with van der Waals surface area (Å²) in [6.45, 7) is 12.7. The molecule has 2 fully saturated rings. The maximum Gasteiger partial charge on any atom is 0.191 e. The quantitative estimate of drug-likeness (QED) is 0.401. The van der Waals surface area contributed by atoms with Crippen molar-refractivity contribution in [2.75, 3.05) is 40.0 Å². The van der Waals surface area contributed by atoms with Crippen LogP contribution < -0.4 is 10.6 Å². The van der Waals surface area contributed by atoms with E-state index in [1.165, 1.54) is 0 Å². The molecule has 0 spiro atoms. The number of methoxy groups -OCH3 is 1. The Hall–Kier alpha value is -0.850. The van der Waals surface area contributed by atoms with Crippen LogP contribution in [0.4, 0.5) is 0 Å². The van der Waals surface area contributed by atoms with Crippen molar-refractivity contribution in [1.29, 1.82) is 0 Å². The Labute approximate surface area is 146 Å². The molecule has 1 aliphatic heterocycles. The minimum atomic E-state index is -0.0703. The normalized spacial score (nSPS) is 32.5. The van der Waals surface area contributed by atoms with Gasteiger partial charge in [0.25, 0.3) is 0 Å². The molecule has 1 heterocycles. The van der Waals surface area contributed by atoms with Gasteiger partial charge in [-0.1, -0.05) is 13.8 Å². The summed E-state index contributed by atoms with van der Waals surface area (Å²) in [6, 6.07) is 0.368. The van der Waals surface area contributed by atoms with Gasteiger partial charge in [0, 0.05) is 44.9 Å². The average molecular weight is 341 g/mol. The molecule has 0 bridgehead atoms. The predicted molar refractivity (Wildman–Crippen MR) is 96.5 cm³/mol. The Bertz CT molecular complexity index is 422. The van der Waals surface area contributed by atoms with Crippen molar-refractivity contribution < 1.29 is 14.2 Å². The van der Waals surface area contributed by atoms with Crippen molar-refractivity contribution in [2.45, 2.75) is 64.7 Å². The zero-order chi connectivity index (χ0) is 17.6. The van der Waals surface area contributed by atoms with Crippen molar-refractivity contribution in [1.82, 2.24) is 10.6 Å². The first-order valence-corrected chi connectivity index (χ1v) is 9.22. The first kappa shape index (κ1) is 19.5. The van der Waals surface area contributed by atoms with Crippen LogP contribution in [0.1, 0.15) is 47.0 Å². The van der Waals surface area contributed by atoms with Crippen LogP contribution >= 0.6 is 0 Å². The number of nitrogens with zero attached hydrogens (tertiary/aromatic N) is 1. The molecule has 0 aromatic carbocycles. The van der Waals surface area contributed by atoms with Gasteiger partial charge in [0.15, 0.2) is 5.96 Å². The minimum Gasteiger partial charge on any atom is -0.379 e. The van der Waals surface area contributed by atoms with E-state index in [-0.39, 0.29) is 17.1 Å². The van der Waals surface area contributed by atoms with Gasteiger partial charge in [-0.3, -0.25) is 4.99 Å². The van der Waals surface area contributed by atoms with E-state index in [2.05, 4.69) is 43.3 Å². The number of hydrogen-bond acceptors (Lipinski definition) is 4. The molecule has 1 aliphatic carbocycles. The van der Waals surface area contributed by atoms with Gasteiger partial charge in [-0.2, -0.15) is 0 Å². The highest BCUT2D eigenvalue weighted by molar-refractivity contribution is 5.80. The molecule has 3 unspecified atom stereocenters. The summed E-state index contributed by atoms with van der Waals surface area (Å²) in [7, 11) is 1.80. The van der Waals surface area contributed by atoms with E-state index >= 15 is 0 Å². The zero-order valence-corrected chi connectivity index (χ0v) is 16.0. The van der Waals surface area contributed by atoms with Crippen LogP contribution in [0.2, 0.25) is 0 Å². The van der Waals surface area contributed by atoms with Gasteiger partial charge < -0.3 is 24.8 Å². The molecule has 6 heteroatoms. The molecule has 0 radical (unpaired) electrons. The van der Waals surface area contributed by atoms with Crippen molar-refractivity contribution in [2.24, 2.45) is 10.4 Å². The van der Waals surface area contributed by atoms with Crippen LogP contribution in [-0.4, -0.2) is 63.7 Å². The topological polar surface area (TPSA) is 64.1 Å². The highest BCUT2D eigenvalue weighted by Crippen LogP contribution is 2.51. The predicted octanol–water partition coefficient (Wildman–Crippen LogP) is 1.94. The van der Waals surface area contributed by atoms with E-state index in [1.807, 2.05) is 0 Å². The van der Waals surface area contributed by atoms with E-state index in [0.29, 0.717) is 6.04 Å². The maximum absolute atomic E-state index is 5.78. The second-order valence-electron chi connectivity index (χ2n) is 7.53. The minimum absolute atomic E-state index is 0.0703. The molecule has 0 amide bonds. The van der Waals surface area contributed by atoms with Crippen molar-refractivity contribution in [3.05, 3.63) is 0 Å². The third kappa shape index (κ3) is 4.41. The van der Waals surface area contributed by atoms with Crippen LogP contribution in [0.15, 0.2) is 4.99 Å². The summed E-state index contributed by atoms with van der Waals surface area (Å²) in [4.78, 5) is 4.68. The lowest BCUT2D eigenvalue weighted by molar-refractivity contribution is -0.176. The van der Waals surface area contributed by atoms with E-state index in [1.54, 1.807) is 7.11 Å². The molecule has 0 aromatic rings. The molecule has 1 saturated heterocycles. The standard InChI is InChI=1S/C18H35N3O3/c1-6-19-16(20-9-7-10-24-14-8-11-23-13-14)21-15-12-18(4,22-5)17(15,2)3/h14-15H,6-13H2,1-5H3,(H2,19,20,21). The van der Waals surface area contributed by atoms with Crippen molar-refractivity contribution in [3.8, 4) is 0 Å². The lowest BCUT2D eigenvalue weighted by Crippen LogP contribution is -2.69. The van der Waals surface area contributed by atoms with E-state index < -0.39 is 0 Å². The second kappa shape index (κ2) is 8.50.